The largest absolute Gasteiger partial charge is 0.481 e. The number of hydrogen-bond donors (Lipinski definition) is 2. The number of aliphatic hydroxyl groups is 1. The van der Waals surface area contributed by atoms with E-state index in [1.807, 2.05) is 32.0 Å². The van der Waals surface area contributed by atoms with Gasteiger partial charge in [-0.05, 0) is 69.9 Å². The van der Waals surface area contributed by atoms with Crippen molar-refractivity contribution in [2.75, 3.05) is 0 Å². The number of aromatic nitrogens is 2. The number of nitrogens with zero attached hydrogens (tertiary/aromatic N) is 1. The van der Waals surface area contributed by atoms with Crippen molar-refractivity contribution in [1.29, 1.82) is 0 Å². The van der Waals surface area contributed by atoms with Crippen molar-refractivity contribution >= 4 is 11.6 Å². The number of aromatic amines is 1. The minimum Gasteiger partial charge on any atom is -0.481 e. The molecule has 2 heterocycles. The second kappa shape index (κ2) is 7.65. The fourth-order valence-electron chi connectivity index (χ4n) is 4.50. The fraction of sp³-hybridized carbons (Fsp3) is 0.346. The SMILES string of the molecule is CC1(C)Oc2cc(C#CC3(O)CCCCC3)ccc2-c2nc(-c3c(F)cccc3Cl)[nH]c21. The summed E-state index contributed by atoms with van der Waals surface area (Å²) in [6.07, 6.45) is 4.59. The molecule has 1 aliphatic heterocycles. The maximum absolute atomic E-state index is 14.5. The molecule has 0 spiro atoms. The van der Waals surface area contributed by atoms with Gasteiger partial charge in [0.1, 0.15) is 28.6 Å². The summed E-state index contributed by atoms with van der Waals surface area (Å²) in [5, 5.41) is 11.0. The minimum absolute atomic E-state index is 0.240. The molecule has 0 unspecified atom stereocenters. The molecule has 0 amide bonds. The minimum atomic E-state index is -0.905. The zero-order valence-corrected chi connectivity index (χ0v) is 18.8. The van der Waals surface area contributed by atoms with Crippen LogP contribution in [0.3, 0.4) is 0 Å². The van der Waals surface area contributed by atoms with E-state index < -0.39 is 17.0 Å². The van der Waals surface area contributed by atoms with Crippen molar-refractivity contribution in [1.82, 2.24) is 9.97 Å². The molecule has 164 valence electrons. The Bertz CT molecular complexity index is 1240. The molecular weight excluding hydrogens is 427 g/mol. The Balaban J connectivity index is 1.56. The molecule has 0 radical (unpaired) electrons. The number of fused-ring (bicyclic) bond motifs is 3. The number of rotatable bonds is 1. The van der Waals surface area contributed by atoms with Crippen molar-refractivity contribution in [2.45, 2.75) is 57.2 Å². The van der Waals surface area contributed by atoms with E-state index in [-0.39, 0.29) is 5.56 Å². The standard InChI is InChI=1S/C26H24ClFN2O2/c1-25(2)23-22(29-24(30-23)21-18(27)7-6-8-19(21)28)17-10-9-16(15-20(17)32-25)11-14-26(31)12-4-3-5-13-26/h6-10,15,31H,3-5,12-13H2,1-2H3,(H,29,30). The van der Waals surface area contributed by atoms with E-state index in [1.165, 1.54) is 6.07 Å². The Morgan fingerprint density at radius 1 is 1.16 bits per heavy atom. The number of hydrogen-bond acceptors (Lipinski definition) is 3. The molecule has 0 atom stereocenters. The maximum Gasteiger partial charge on any atom is 0.145 e. The zero-order valence-electron chi connectivity index (χ0n) is 18.1. The maximum atomic E-state index is 14.5. The van der Waals surface area contributed by atoms with E-state index in [0.29, 0.717) is 35.1 Å². The molecule has 2 aliphatic rings. The number of nitrogens with one attached hydrogen (secondary N) is 1. The lowest BCUT2D eigenvalue weighted by molar-refractivity contribution is 0.0610. The van der Waals surface area contributed by atoms with Gasteiger partial charge < -0.3 is 14.8 Å². The summed E-state index contributed by atoms with van der Waals surface area (Å²) in [7, 11) is 0. The molecule has 6 heteroatoms. The highest BCUT2D eigenvalue weighted by Gasteiger charge is 2.36. The van der Waals surface area contributed by atoms with Gasteiger partial charge in [0.2, 0.25) is 0 Å². The van der Waals surface area contributed by atoms with Gasteiger partial charge in [0.15, 0.2) is 0 Å². The van der Waals surface area contributed by atoms with E-state index in [0.717, 1.165) is 36.1 Å². The number of benzene rings is 2. The lowest BCUT2D eigenvalue weighted by Crippen LogP contribution is -2.29. The third kappa shape index (κ3) is 3.68. The van der Waals surface area contributed by atoms with Gasteiger partial charge in [-0.15, -0.1) is 0 Å². The highest BCUT2D eigenvalue weighted by Crippen LogP contribution is 2.45. The molecule has 2 aromatic carbocycles. The van der Waals surface area contributed by atoms with E-state index in [4.69, 9.17) is 21.3 Å². The van der Waals surface area contributed by atoms with Crippen LogP contribution in [0.25, 0.3) is 22.6 Å². The van der Waals surface area contributed by atoms with E-state index in [2.05, 4.69) is 16.8 Å². The Morgan fingerprint density at radius 3 is 2.69 bits per heavy atom. The van der Waals surface area contributed by atoms with Gasteiger partial charge in [-0.1, -0.05) is 35.9 Å². The van der Waals surface area contributed by atoms with Crippen LogP contribution in [0.2, 0.25) is 5.02 Å². The van der Waals surface area contributed by atoms with E-state index in [9.17, 15) is 9.50 Å². The zero-order chi connectivity index (χ0) is 22.5. The highest BCUT2D eigenvalue weighted by atomic mass is 35.5. The second-order valence-corrected chi connectivity index (χ2v) is 9.48. The van der Waals surface area contributed by atoms with Crippen LogP contribution in [0.1, 0.15) is 57.2 Å². The molecule has 5 rings (SSSR count). The molecule has 1 saturated carbocycles. The summed E-state index contributed by atoms with van der Waals surface area (Å²) in [4.78, 5) is 7.93. The van der Waals surface area contributed by atoms with Gasteiger partial charge in [0, 0.05) is 11.1 Å². The molecule has 32 heavy (non-hydrogen) atoms. The predicted molar refractivity (Wildman–Crippen MR) is 123 cm³/mol. The smallest absolute Gasteiger partial charge is 0.145 e. The van der Waals surface area contributed by atoms with Gasteiger partial charge in [0.25, 0.3) is 0 Å². The van der Waals surface area contributed by atoms with Crippen molar-refractivity contribution in [3.63, 3.8) is 0 Å². The molecular formula is C26H24ClFN2O2. The van der Waals surface area contributed by atoms with Crippen molar-refractivity contribution in [3.05, 3.63) is 58.5 Å². The fourth-order valence-corrected chi connectivity index (χ4v) is 4.76. The third-order valence-corrected chi connectivity index (χ3v) is 6.54. The van der Waals surface area contributed by atoms with Crippen molar-refractivity contribution < 1.29 is 14.2 Å². The first-order chi connectivity index (χ1) is 15.3. The second-order valence-electron chi connectivity index (χ2n) is 9.07. The third-order valence-electron chi connectivity index (χ3n) is 6.23. The van der Waals surface area contributed by atoms with Crippen LogP contribution >= 0.6 is 11.6 Å². The summed E-state index contributed by atoms with van der Waals surface area (Å²) < 4.78 is 20.8. The lowest BCUT2D eigenvalue weighted by Gasteiger charge is -2.31. The summed E-state index contributed by atoms with van der Waals surface area (Å²) in [6, 6.07) is 10.3. The summed E-state index contributed by atoms with van der Waals surface area (Å²) >= 11 is 6.26. The molecule has 2 N–H and O–H groups in total. The molecule has 0 bridgehead atoms. The topological polar surface area (TPSA) is 58.1 Å². The van der Waals surface area contributed by atoms with E-state index in [1.54, 1.807) is 12.1 Å². The van der Waals surface area contributed by atoms with Gasteiger partial charge in [-0.25, -0.2) is 9.37 Å². The molecule has 3 aromatic rings. The van der Waals surface area contributed by atoms with Crippen LogP contribution in [0.5, 0.6) is 5.75 Å². The normalized spacial score (nSPS) is 18.0. The lowest BCUT2D eigenvalue weighted by atomic mass is 9.85. The number of ether oxygens (including phenoxy) is 1. The first-order valence-electron chi connectivity index (χ1n) is 10.9. The Hall–Kier alpha value is -2.81. The number of imidazole rings is 1. The monoisotopic (exact) mass is 450 g/mol. The van der Waals surface area contributed by atoms with Gasteiger partial charge in [-0.2, -0.15) is 0 Å². The quantitative estimate of drug-likeness (QED) is 0.433. The summed E-state index contributed by atoms with van der Waals surface area (Å²) in [5.41, 5.74) is 1.66. The molecule has 0 saturated heterocycles. The average Bonchev–Trinajstić information content (AvgIpc) is 3.19. The first kappa shape index (κ1) is 21.1. The average molecular weight is 451 g/mol. The number of halogens is 2. The molecule has 1 fully saturated rings. The predicted octanol–water partition coefficient (Wildman–Crippen LogP) is 6.21. The molecule has 1 aromatic heterocycles. The van der Waals surface area contributed by atoms with Crippen LogP contribution in [-0.4, -0.2) is 20.7 Å². The van der Waals surface area contributed by atoms with Gasteiger partial charge in [-0.3, -0.25) is 0 Å². The van der Waals surface area contributed by atoms with Crippen LogP contribution in [0.15, 0.2) is 36.4 Å². The van der Waals surface area contributed by atoms with Crippen LogP contribution in [-0.2, 0) is 5.60 Å². The van der Waals surface area contributed by atoms with Gasteiger partial charge in [0.05, 0.1) is 22.0 Å². The Morgan fingerprint density at radius 2 is 1.94 bits per heavy atom. The van der Waals surface area contributed by atoms with Gasteiger partial charge >= 0.3 is 0 Å². The first-order valence-corrected chi connectivity index (χ1v) is 11.3. The van der Waals surface area contributed by atoms with Crippen molar-refractivity contribution in [3.8, 4) is 40.2 Å². The Kier molecular flexibility index (Phi) is 5.03. The Labute approximate surface area is 191 Å². The van der Waals surface area contributed by atoms with Crippen LogP contribution in [0, 0.1) is 17.7 Å². The summed E-state index contributed by atoms with van der Waals surface area (Å²) in [5.74, 6) is 6.78. The number of H-pyrrole nitrogens is 1. The van der Waals surface area contributed by atoms with Crippen LogP contribution < -0.4 is 4.74 Å². The molecule has 4 nitrogen and oxygen atoms in total. The molecule has 1 aliphatic carbocycles. The summed E-state index contributed by atoms with van der Waals surface area (Å²) in [6.45, 7) is 3.87. The van der Waals surface area contributed by atoms with Crippen LogP contribution in [0.4, 0.5) is 4.39 Å². The van der Waals surface area contributed by atoms with Crippen molar-refractivity contribution in [2.24, 2.45) is 0 Å². The highest BCUT2D eigenvalue weighted by molar-refractivity contribution is 6.33. The van der Waals surface area contributed by atoms with E-state index >= 15 is 0 Å².